The molecule has 0 aromatic heterocycles. The number of nitrogens with zero attached hydrogens (tertiary/aromatic N) is 2. The standard InChI is InChI=1S/C21H23N3O4/c1-16-8-10-18(11-9-16)20(26)22-14-19(25)23-12-5-13-24(23)21(27)28-15-17-6-3-2-4-7-17/h2-4,6-11H,5,12-15H2,1H3,(H,22,26). The molecule has 0 bridgehead atoms. The van der Waals surface area contributed by atoms with Gasteiger partial charge in [-0.2, -0.15) is 0 Å². The highest BCUT2D eigenvalue weighted by atomic mass is 16.6. The molecule has 1 aliphatic rings. The molecule has 0 aliphatic carbocycles. The maximum Gasteiger partial charge on any atom is 0.429 e. The summed E-state index contributed by atoms with van der Waals surface area (Å²) in [7, 11) is 0. The number of carbonyl (C=O) groups excluding carboxylic acids is 3. The molecule has 0 spiro atoms. The molecule has 28 heavy (non-hydrogen) atoms. The summed E-state index contributed by atoms with van der Waals surface area (Å²) in [6.07, 6.45) is 0.0949. The number of aryl methyl sites for hydroxylation is 1. The summed E-state index contributed by atoms with van der Waals surface area (Å²) >= 11 is 0. The lowest BCUT2D eigenvalue weighted by Gasteiger charge is -2.27. The smallest absolute Gasteiger partial charge is 0.429 e. The predicted molar refractivity (Wildman–Crippen MR) is 103 cm³/mol. The van der Waals surface area contributed by atoms with E-state index < -0.39 is 6.09 Å². The van der Waals surface area contributed by atoms with E-state index in [-0.39, 0.29) is 25.0 Å². The van der Waals surface area contributed by atoms with Crippen LogP contribution >= 0.6 is 0 Å². The van der Waals surface area contributed by atoms with Crippen molar-refractivity contribution in [2.75, 3.05) is 19.6 Å². The predicted octanol–water partition coefficient (Wildman–Crippen LogP) is 2.51. The summed E-state index contributed by atoms with van der Waals surface area (Å²) in [4.78, 5) is 37.0. The summed E-state index contributed by atoms with van der Waals surface area (Å²) in [6.45, 7) is 2.71. The molecule has 0 atom stereocenters. The molecule has 146 valence electrons. The van der Waals surface area contributed by atoms with Gasteiger partial charge in [-0.15, -0.1) is 0 Å². The van der Waals surface area contributed by atoms with Gasteiger partial charge in [0, 0.05) is 18.7 Å². The molecule has 1 heterocycles. The molecule has 7 nitrogen and oxygen atoms in total. The Morgan fingerprint density at radius 2 is 1.64 bits per heavy atom. The van der Waals surface area contributed by atoms with Crippen molar-refractivity contribution >= 4 is 17.9 Å². The van der Waals surface area contributed by atoms with Crippen molar-refractivity contribution in [3.05, 3.63) is 71.3 Å². The lowest BCUT2D eigenvalue weighted by Crippen LogP contribution is -2.48. The molecular formula is C21H23N3O4. The van der Waals surface area contributed by atoms with Crippen molar-refractivity contribution in [3.63, 3.8) is 0 Å². The van der Waals surface area contributed by atoms with Crippen LogP contribution in [0.25, 0.3) is 0 Å². The Hall–Kier alpha value is -3.35. The van der Waals surface area contributed by atoms with Crippen molar-refractivity contribution in [1.82, 2.24) is 15.3 Å². The first-order valence-electron chi connectivity index (χ1n) is 9.18. The molecule has 2 aromatic rings. The lowest BCUT2D eigenvalue weighted by atomic mass is 10.1. The van der Waals surface area contributed by atoms with E-state index in [0.29, 0.717) is 25.1 Å². The minimum Gasteiger partial charge on any atom is -0.443 e. The molecule has 1 N–H and O–H groups in total. The summed E-state index contributed by atoms with van der Waals surface area (Å²) in [5.74, 6) is -0.680. The number of benzene rings is 2. The highest BCUT2D eigenvalue weighted by molar-refractivity contribution is 5.96. The first kappa shape index (κ1) is 19.4. The van der Waals surface area contributed by atoms with E-state index in [9.17, 15) is 14.4 Å². The van der Waals surface area contributed by atoms with Gasteiger partial charge >= 0.3 is 6.09 Å². The molecule has 0 unspecified atom stereocenters. The SMILES string of the molecule is Cc1ccc(C(=O)NCC(=O)N2CCCN2C(=O)OCc2ccccc2)cc1. The number of amides is 3. The van der Waals surface area contributed by atoms with Crippen LogP contribution in [-0.2, 0) is 16.1 Å². The highest BCUT2D eigenvalue weighted by Crippen LogP contribution is 2.13. The second-order valence-corrected chi connectivity index (χ2v) is 6.58. The van der Waals surface area contributed by atoms with E-state index in [4.69, 9.17) is 4.74 Å². The Balaban J connectivity index is 1.51. The molecule has 3 amide bonds. The second kappa shape index (κ2) is 9.03. The normalized spacial score (nSPS) is 13.3. The van der Waals surface area contributed by atoms with E-state index in [2.05, 4.69) is 5.32 Å². The maximum atomic E-state index is 12.5. The van der Waals surface area contributed by atoms with Crippen LogP contribution in [0.1, 0.15) is 27.9 Å². The first-order valence-corrected chi connectivity index (χ1v) is 9.18. The van der Waals surface area contributed by atoms with Crippen LogP contribution in [-0.4, -0.2) is 47.6 Å². The van der Waals surface area contributed by atoms with Crippen LogP contribution in [0.4, 0.5) is 4.79 Å². The van der Waals surface area contributed by atoms with Crippen LogP contribution in [0.5, 0.6) is 0 Å². The minimum atomic E-state index is -0.570. The Labute approximate surface area is 163 Å². The molecule has 2 aromatic carbocycles. The van der Waals surface area contributed by atoms with Crippen molar-refractivity contribution in [2.24, 2.45) is 0 Å². The van der Waals surface area contributed by atoms with Crippen LogP contribution in [0.2, 0.25) is 0 Å². The third-order valence-corrected chi connectivity index (χ3v) is 4.45. The number of ether oxygens (including phenoxy) is 1. The van der Waals surface area contributed by atoms with Crippen LogP contribution in [0.15, 0.2) is 54.6 Å². The number of rotatable bonds is 5. The van der Waals surface area contributed by atoms with E-state index in [1.165, 1.54) is 10.0 Å². The van der Waals surface area contributed by atoms with Gasteiger partial charge < -0.3 is 10.1 Å². The average Bonchev–Trinajstić information content (AvgIpc) is 3.21. The molecule has 3 rings (SSSR count). The van der Waals surface area contributed by atoms with Crippen LogP contribution in [0.3, 0.4) is 0 Å². The zero-order valence-corrected chi connectivity index (χ0v) is 15.8. The van der Waals surface area contributed by atoms with Gasteiger partial charge in [0.2, 0.25) is 0 Å². The lowest BCUT2D eigenvalue weighted by molar-refractivity contribution is -0.140. The topological polar surface area (TPSA) is 79.0 Å². The van der Waals surface area contributed by atoms with E-state index in [1.54, 1.807) is 12.1 Å². The maximum absolute atomic E-state index is 12.5. The van der Waals surface area contributed by atoms with Gasteiger partial charge in [0.1, 0.15) is 6.61 Å². The van der Waals surface area contributed by atoms with E-state index in [0.717, 1.165) is 11.1 Å². The van der Waals surface area contributed by atoms with Gasteiger partial charge in [-0.25, -0.2) is 14.8 Å². The Morgan fingerprint density at radius 3 is 2.36 bits per heavy atom. The van der Waals surface area contributed by atoms with Crippen LogP contribution < -0.4 is 5.32 Å². The summed E-state index contributed by atoms with van der Waals surface area (Å²) < 4.78 is 5.30. The van der Waals surface area contributed by atoms with Gasteiger partial charge in [0.25, 0.3) is 11.8 Å². The zero-order chi connectivity index (χ0) is 19.9. The van der Waals surface area contributed by atoms with Gasteiger partial charge in [-0.3, -0.25) is 9.59 Å². The zero-order valence-electron chi connectivity index (χ0n) is 15.8. The summed E-state index contributed by atoms with van der Waals surface area (Å²) in [5.41, 5.74) is 2.41. The number of hydrazine groups is 1. The average molecular weight is 381 g/mol. The Morgan fingerprint density at radius 1 is 0.964 bits per heavy atom. The first-order chi connectivity index (χ1) is 13.5. The fourth-order valence-corrected chi connectivity index (χ4v) is 2.91. The molecular weight excluding hydrogens is 358 g/mol. The number of carbonyl (C=O) groups is 3. The van der Waals surface area contributed by atoms with Crippen molar-refractivity contribution in [3.8, 4) is 0 Å². The monoisotopic (exact) mass is 381 g/mol. The fourth-order valence-electron chi connectivity index (χ4n) is 2.91. The van der Waals surface area contributed by atoms with E-state index in [1.807, 2.05) is 49.4 Å². The second-order valence-electron chi connectivity index (χ2n) is 6.58. The molecule has 0 radical (unpaired) electrons. The Kier molecular flexibility index (Phi) is 6.26. The van der Waals surface area contributed by atoms with Crippen molar-refractivity contribution in [1.29, 1.82) is 0 Å². The van der Waals surface area contributed by atoms with E-state index >= 15 is 0 Å². The molecule has 1 aliphatic heterocycles. The van der Waals surface area contributed by atoms with Crippen LogP contribution in [0, 0.1) is 6.92 Å². The molecule has 7 heteroatoms. The van der Waals surface area contributed by atoms with Crippen molar-refractivity contribution < 1.29 is 19.1 Å². The summed E-state index contributed by atoms with van der Waals surface area (Å²) in [6, 6.07) is 16.4. The number of nitrogens with one attached hydrogen (secondary N) is 1. The molecule has 1 fully saturated rings. The highest BCUT2D eigenvalue weighted by Gasteiger charge is 2.31. The quantitative estimate of drug-likeness (QED) is 0.863. The van der Waals surface area contributed by atoms with Gasteiger partial charge in [0.05, 0.1) is 6.54 Å². The molecule has 0 saturated carbocycles. The Bertz CT molecular complexity index is 836. The fraction of sp³-hybridized carbons (Fsp3) is 0.286. The van der Waals surface area contributed by atoms with Gasteiger partial charge in [-0.1, -0.05) is 48.0 Å². The number of hydrogen-bond acceptors (Lipinski definition) is 4. The third kappa shape index (κ3) is 4.88. The number of hydrogen-bond donors (Lipinski definition) is 1. The van der Waals surface area contributed by atoms with Gasteiger partial charge in [0.15, 0.2) is 0 Å². The third-order valence-electron chi connectivity index (χ3n) is 4.45. The largest absolute Gasteiger partial charge is 0.443 e. The van der Waals surface area contributed by atoms with Gasteiger partial charge in [-0.05, 0) is 31.0 Å². The molecule has 1 saturated heterocycles. The minimum absolute atomic E-state index is 0.141. The summed E-state index contributed by atoms with van der Waals surface area (Å²) in [5, 5.41) is 5.23. The van der Waals surface area contributed by atoms with Crippen molar-refractivity contribution in [2.45, 2.75) is 20.0 Å².